The summed E-state index contributed by atoms with van der Waals surface area (Å²) in [5.41, 5.74) is 0.906. The van der Waals surface area contributed by atoms with E-state index >= 15 is 0 Å². The maximum atomic E-state index is 13.1. The fourth-order valence-electron chi connectivity index (χ4n) is 2.55. The van der Waals surface area contributed by atoms with Crippen molar-refractivity contribution in [3.8, 4) is 0 Å². The van der Waals surface area contributed by atoms with Crippen molar-refractivity contribution >= 4 is 5.91 Å². The number of nitrogens with zero attached hydrogens (tertiary/aromatic N) is 2. The first-order chi connectivity index (χ1) is 11.9. The molecule has 0 aliphatic rings. The third kappa shape index (κ3) is 5.66. The standard InChI is InChI=1S/C19H26FN3O2/c1-12(2)18(14-8-10-15(20)11-9-14)21-16(24)6-5-7-17-22-19(13(3)4)23-25-17/h8-13,18H,5-7H2,1-4H3,(H,21,24)/t18-/m1/s1. The summed E-state index contributed by atoms with van der Waals surface area (Å²) in [5, 5.41) is 6.95. The fraction of sp³-hybridized carbons (Fsp3) is 0.526. The van der Waals surface area contributed by atoms with E-state index < -0.39 is 0 Å². The van der Waals surface area contributed by atoms with Crippen molar-refractivity contribution in [2.24, 2.45) is 5.92 Å². The molecular formula is C19H26FN3O2. The van der Waals surface area contributed by atoms with Gasteiger partial charge >= 0.3 is 0 Å². The molecule has 25 heavy (non-hydrogen) atoms. The molecule has 6 heteroatoms. The van der Waals surface area contributed by atoms with Crippen LogP contribution < -0.4 is 5.32 Å². The minimum atomic E-state index is -0.280. The van der Waals surface area contributed by atoms with E-state index in [0.717, 1.165) is 5.56 Å². The molecule has 0 aliphatic carbocycles. The quantitative estimate of drug-likeness (QED) is 0.778. The highest BCUT2D eigenvalue weighted by Crippen LogP contribution is 2.22. The second-order valence-corrected chi connectivity index (χ2v) is 6.90. The molecule has 1 aromatic carbocycles. The van der Waals surface area contributed by atoms with Gasteiger partial charge in [-0.3, -0.25) is 4.79 Å². The number of carbonyl (C=O) groups is 1. The maximum absolute atomic E-state index is 13.1. The van der Waals surface area contributed by atoms with E-state index in [4.69, 9.17) is 4.52 Å². The van der Waals surface area contributed by atoms with Gasteiger partial charge in [0.05, 0.1) is 6.04 Å². The van der Waals surface area contributed by atoms with Crippen LogP contribution >= 0.6 is 0 Å². The normalized spacial score (nSPS) is 12.6. The van der Waals surface area contributed by atoms with E-state index in [0.29, 0.717) is 31.0 Å². The minimum absolute atomic E-state index is 0.0355. The van der Waals surface area contributed by atoms with Crippen LogP contribution in [0.2, 0.25) is 0 Å². The van der Waals surface area contributed by atoms with Crippen molar-refractivity contribution in [1.82, 2.24) is 15.5 Å². The summed E-state index contributed by atoms with van der Waals surface area (Å²) in [4.78, 5) is 16.6. The summed E-state index contributed by atoms with van der Waals surface area (Å²) < 4.78 is 18.3. The highest BCUT2D eigenvalue weighted by molar-refractivity contribution is 5.76. The molecule has 0 aliphatic heterocycles. The van der Waals surface area contributed by atoms with Crippen LogP contribution in [-0.2, 0) is 11.2 Å². The van der Waals surface area contributed by atoms with Crippen molar-refractivity contribution in [2.75, 3.05) is 0 Å². The Labute approximate surface area is 148 Å². The summed E-state index contributed by atoms with van der Waals surface area (Å²) in [6, 6.07) is 6.12. The van der Waals surface area contributed by atoms with Crippen molar-refractivity contribution in [1.29, 1.82) is 0 Å². The molecule has 0 bridgehead atoms. The van der Waals surface area contributed by atoms with Crippen molar-refractivity contribution < 1.29 is 13.7 Å². The first-order valence-electron chi connectivity index (χ1n) is 8.74. The molecule has 2 rings (SSSR count). The zero-order chi connectivity index (χ0) is 18.4. The van der Waals surface area contributed by atoms with Gasteiger partial charge in [-0.05, 0) is 30.0 Å². The maximum Gasteiger partial charge on any atom is 0.226 e. The Morgan fingerprint density at radius 3 is 2.44 bits per heavy atom. The summed E-state index contributed by atoms with van der Waals surface area (Å²) in [6.45, 7) is 8.06. The van der Waals surface area contributed by atoms with Crippen LogP contribution in [0.3, 0.4) is 0 Å². The van der Waals surface area contributed by atoms with Gasteiger partial charge in [-0.25, -0.2) is 4.39 Å². The van der Waals surface area contributed by atoms with Crippen LogP contribution in [-0.4, -0.2) is 16.0 Å². The molecule has 0 saturated heterocycles. The van der Waals surface area contributed by atoms with Crippen molar-refractivity contribution in [3.63, 3.8) is 0 Å². The van der Waals surface area contributed by atoms with Gasteiger partial charge in [0, 0.05) is 18.8 Å². The third-order valence-electron chi connectivity index (χ3n) is 4.01. The number of amides is 1. The molecule has 0 unspecified atom stereocenters. The number of aryl methyl sites for hydroxylation is 1. The molecule has 2 aromatic rings. The fourth-order valence-corrected chi connectivity index (χ4v) is 2.55. The smallest absolute Gasteiger partial charge is 0.226 e. The average molecular weight is 347 g/mol. The molecule has 0 spiro atoms. The predicted octanol–water partition coefficient (Wildman–Crippen LogP) is 4.17. The second-order valence-electron chi connectivity index (χ2n) is 6.90. The van der Waals surface area contributed by atoms with Crippen molar-refractivity contribution in [3.05, 3.63) is 47.4 Å². The van der Waals surface area contributed by atoms with Gasteiger partial charge in [0.2, 0.25) is 11.8 Å². The average Bonchev–Trinajstić information content (AvgIpc) is 3.02. The lowest BCUT2D eigenvalue weighted by Gasteiger charge is -2.23. The van der Waals surface area contributed by atoms with Gasteiger partial charge in [0.1, 0.15) is 5.82 Å². The monoisotopic (exact) mass is 347 g/mol. The lowest BCUT2D eigenvalue weighted by Crippen LogP contribution is -2.31. The van der Waals surface area contributed by atoms with Gasteiger partial charge in [-0.1, -0.05) is 45.0 Å². The molecule has 0 saturated carbocycles. The Kier molecular flexibility index (Phi) is 6.67. The second kappa shape index (κ2) is 8.74. The van der Waals surface area contributed by atoms with Gasteiger partial charge in [0.15, 0.2) is 5.82 Å². The van der Waals surface area contributed by atoms with E-state index in [1.807, 2.05) is 27.7 Å². The van der Waals surface area contributed by atoms with Crippen LogP contribution in [0, 0.1) is 11.7 Å². The number of hydrogen-bond donors (Lipinski definition) is 1. The first-order valence-corrected chi connectivity index (χ1v) is 8.74. The van der Waals surface area contributed by atoms with E-state index in [-0.39, 0.29) is 29.6 Å². The van der Waals surface area contributed by atoms with Gasteiger partial charge < -0.3 is 9.84 Å². The van der Waals surface area contributed by atoms with Crippen LogP contribution in [0.15, 0.2) is 28.8 Å². The number of aromatic nitrogens is 2. The topological polar surface area (TPSA) is 68.0 Å². The van der Waals surface area contributed by atoms with Crippen LogP contribution in [0.4, 0.5) is 4.39 Å². The van der Waals surface area contributed by atoms with Crippen LogP contribution in [0.25, 0.3) is 0 Å². The van der Waals surface area contributed by atoms with Crippen LogP contribution in [0.5, 0.6) is 0 Å². The molecule has 0 radical (unpaired) electrons. The summed E-state index contributed by atoms with van der Waals surface area (Å²) in [7, 11) is 0. The molecule has 5 nitrogen and oxygen atoms in total. The number of hydrogen-bond acceptors (Lipinski definition) is 4. The van der Waals surface area contributed by atoms with E-state index in [2.05, 4.69) is 15.5 Å². The highest BCUT2D eigenvalue weighted by Gasteiger charge is 2.18. The molecule has 1 N–H and O–H groups in total. The third-order valence-corrected chi connectivity index (χ3v) is 4.01. The molecule has 1 atom stereocenters. The lowest BCUT2D eigenvalue weighted by atomic mass is 9.95. The number of carbonyl (C=O) groups excluding carboxylic acids is 1. The van der Waals surface area contributed by atoms with Gasteiger partial charge in [-0.2, -0.15) is 4.98 Å². The molecule has 1 amide bonds. The van der Waals surface area contributed by atoms with Gasteiger partial charge in [0.25, 0.3) is 0 Å². The van der Waals surface area contributed by atoms with Gasteiger partial charge in [-0.15, -0.1) is 0 Å². The Balaban J connectivity index is 1.85. The predicted molar refractivity (Wildman–Crippen MR) is 93.4 cm³/mol. The molecule has 1 aromatic heterocycles. The number of nitrogens with one attached hydrogen (secondary N) is 1. The van der Waals surface area contributed by atoms with E-state index in [1.54, 1.807) is 12.1 Å². The lowest BCUT2D eigenvalue weighted by molar-refractivity contribution is -0.122. The summed E-state index contributed by atoms with van der Waals surface area (Å²) in [6.07, 6.45) is 1.60. The molecular weight excluding hydrogens is 321 g/mol. The first kappa shape index (κ1) is 19.1. The Hall–Kier alpha value is -2.24. The number of rotatable bonds is 8. The zero-order valence-electron chi connectivity index (χ0n) is 15.3. The number of halogens is 1. The highest BCUT2D eigenvalue weighted by atomic mass is 19.1. The van der Waals surface area contributed by atoms with Crippen molar-refractivity contribution in [2.45, 2.75) is 58.9 Å². The number of benzene rings is 1. The zero-order valence-corrected chi connectivity index (χ0v) is 15.3. The SMILES string of the molecule is CC(C)c1noc(CCCC(=O)N[C@@H](c2ccc(F)cc2)C(C)C)n1. The molecule has 0 fully saturated rings. The molecule has 136 valence electrons. The Morgan fingerprint density at radius 1 is 1.20 bits per heavy atom. The minimum Gasteiger partial charge on any atom is -0.349 e. The Bertz CT molecular complexity index is 680. The Morgan fingerprint density at radius 2 is 1.88 bits per heavy atom. The van der Waals surface area contributed by atoms with Crippen LogP contribution in [0.1, 0.15) is 69.8 Å². The summed E-state index contributed by atoms with van der Waals surface area (Å²) in [5.74, 6) is 1.37. The summed E-state index contributed by atoms with van der Waals surface area (Å²) >= 11 is 0. The largest absolute Gasteiger partial charge is 0.349 e. The van der Waals surface area contributed by atoms with E-state index in [1.165, 1.54) is 12.1 Å². The molecule has 1 heterocycles. The van der Waals surface area contributed by atoms with E-state index in [9.17, 15) is 9.18 Å².